The second-order valence-corrected chi connectivity index (χ2v) is 11.1. The minimum Gasteiger partial charge on any atom is -0.493 e. The minimum atomic E-state index is -0.580. The van der Waals surface area contributed by atoms with Gasteiger partial charge in [-0.2, -0.15) is 0 Å². The van der Waals surface area contributed by atoms with E-state index in [2.05, 4.69) is 21.2 Å². The lowest BCUT2D eigenvalue weighted by Crippen LogP contribution is -2.50. The maximum absolute atomic E-state index is 14.2. The molecule has 0 radical (unpaired) electrons. The van der Waals surface area contributed by atoms with Crippen molar-refractivity contribution in [3.63, 3.8) is 0 Å². The summed E-state index contributed by atoms with van der Waals surface area (Å²) in [6, 6.07) is 18.1. The average molecular weight is 573 g/mol. The number of nitrogens with zero attached hydrogens (tertiary/aromatic N) is 3. The van der Waals surface area contributed by atoms with Crippen LogP contribution in [0, 0.1) is 5.82 Å². The number of ether oxygens (including phenoxy) is 2. The maximum Gasteiger partial charge on any atom is 0.254 e. The number of anilines is 1. The molecule has 1 saturated heterocycles. The zero-order valence-electron chi connectivity index (χ0n) is 24.1. The molecule has 0 saturated carbocycles. The zero-order chi connectivity index (χ0) is 29.2. The van der Waals surface area contributed by atoms with Gasteiger partial charge in [0, 0.05) is 44.8 Å². The second kappa shape index (κ2) is 12.0. The highest BCUT2D eigenvalue weighted by Gasteiger charge is 2.46. The van der Waals surface area contributed by atoms with Crippen molar-refractivity contribution in [2.45, 2.75) is 24.8 Å². The smallest absolute Gasteiger partial charge is 0.254 e. The lowest BCUT2D eigenvalue weighted by molar-refractivity contribution is -0.124. The Labute approximate surface area is 246 Å². The predicted octanol–water partition coefficient (Wildman–Crippen LogP) is 4.01. The molecule has 0 spiro atoms. The Morgan fingerprint density at radius 1 is 0.929 bits per heavy atom. The quantitative estimate of drug-likeness (QED) is 0.412. The van der Waals surface area contributed by atoms with Crippen LogP contribution in [0.5, 0.6) is 11.5 Å². The van der Waals surface area contributed by atoms with Crippen LogP contribution >= 0.6 is 0 Å². The van der Waals surface area contributed by atoms with Crippen LogP contribution in [0.1, 0.15) is 45.4 Å². The second-order valence-electron chi connectivity index (χ2n) is 11.1. The number of para-hydroxylation sites is 1. The summed E-state index contributed by atoms with van der Waals surface area (Å²) in [6.45, 7) is 5.13. The van der Waals surface area contributed by atoms with Crippen molar-refractivity contribution in [3.05, 3.63) is 88.7 Å². The van der Waals surface area contributed by atoms with Gasteiger partial charge in [0.2, 0.25) is 5.91 Å². The first-order chi connectivity index (χ1) is 20.5. The van der Waals surface area contributed by atoms with Gasteiger partial charge in [-0.25, -0.2) is 4.39 Å². The number of benzene rings is 3. The lowest BCUT2D eigenvalue weighted by Gasteiger charge is -2.45. The number of halogens is 1. The fourth-order valence-electron chi connectivity index (χ4n) is 6.68. The van der Waals surface area contributed by atoms with E-state index < -0.39 is 5.92 Å². The molecule has 3 aromatic carbocycles. The topological polar surface area (TPSA) is 74.4 Å². The van der Waals surface area contributed by atoms with Crippen molar-refractivity contribution >= 4 is 17.5 Å². The van der Waals surface area contributed by atoms with Gasteiger partial charge >= 0.3 is 0 Å². The molecule has 6 rings (SSSR count). The Kier molecular flexibility index (Phi) is 8.02. The maximum atomic E-state index is 14.2. The van der Waals surface area contributed by atoms with Gasteiger partial charge in [0.1, 0.15) is 5.82 Å². The number of amides is 2. The number of nitrogens with one attached hydrogen (secondary N) is 1. The summed E-state index contributed by atoms with van der Waals surface area (Å²) in [5.41, 5.74) is 3.99. The van der Waals surface area contributed by atoms with Gasteiger partial charge in [-0.3, -0.25) is 14.5 Å². The van der Waals surface area contributed by atoms with E-state index in [1.54, 1.807) is 32.4 Å². The summed E-state index contributed by atoms with van der Waals surface area (Å²) in [5, 5.41) is 3.18. The summed E-state index contributed by atoms with van der Waals surface area (Å²) in [6.07, 6.45) is 1.54. The van der Waals surface area contributed by atoms with E-state index in [4.69, 9.17) is 9.47 Å². The van der Waals surface area contributed by atoms with Crippen LogP contribution in [-0.2, 0) is 11.2 Å². The molecule has 220 valence electrons. The van der Waals surface area contributed by atoms with Crippen LogP contribution in [-0.4, -0.2) is 81.6 Å². The third kappa shape index (κ3) is 5.17. The summed E-state index contributed by atoms with van der Waals surface area (Å²) >= 11 is 0. The number of piperazine rings is 1. The number of hydrogen-bond acceptors (Lipinski definition) is 6. The van der Waals surface area contributed by atoms with Crippen molar-refractivity contribution < 1.29 is 23.5 Å². The fraction of sp³-hybridized carbons (Fsp3) is 0.394. The van der Waals surface area contributed by atoms with Gasteiger partial charge in [-0.15, -0.1) is 0 Å². The highest BCUT2D eigenvalue weighted by atomic mass is 19.1. The number of rotatable bonds is 8. The fourth-order valence-corrected chi connectivity index (χ4v) is 6.68. The largest absolute Gasteiger partial charge is 0.493 e. The molecule has 2 amide bonds. The number of carbonyl (C=O) groups excluding carboxylic acids is 2. The first kappa shape index (κ1) is 28.0. The highest BCUT2D eigenvalue weighted by molar-refractivity contribution is 6.02. The van der Waals surface area contributed by atoms with Crippen LogP contribution in [0.4, 0.5) is 10.1 Å². The molecule has 0 bridgehead atoms. The molecular formula is C33H37FN4O4. The van der Waals surface area contributed by atoms with Crippen LogP contribution in [0.25, 0.3) is 0 Å². The molecular weight excluding hydrogens is 535 g/mol. The van der Waals surface area contributed by atoms with Crippen LogP contribution in [0.3, 0.4) is 0 Å². The molecule has 1 N–H and O–H groups in total. The summed E-state index contributed by atoms with van der Waals surface area (Å²) in [5.74, 6) is -0.00199. The van der Waals surface area contributed by atoms with E-state index in [1.165, 1.54) is 11.6 Å². The van der Waals surface area contributed by atoms with Gasteiger partial charge in [0.15, 0.2) is 11.5 Å². The summed E-state index contributed by atoms with van der Waals surface area (Å²) < 4.78 is 25.3. The van der Waals surface area contributed by atoms with Gasteiger partial charge in [0.05, 0.1) is 31.9 Å². The molecule has 3 aliphatic heterocycles. The molecule has 2 atom stereocenters. The number of hydrogen-bond donors (Lipinski definition) is 1. The van der Waals surface area contributed by atoms with Crippen LogP contribution in [0.2, 0.25) is 0 Å². The van der Waals surface area contributed by atoms with Gasteiger partial charge in [-0.1, -0.05) is 36.4 Å². The van der Waals surface area contributed by atoms with Crippen molar-refractivity contribution in [1.29, 1.82) is 0 Å². The van der Waals surface area contributed by atoms with Gasteiger partial charge < -0.3 is 24.6 Å². The molecule has 0 aliphatic carbocycles. The van der Waals surface area contributed by atoms with Gasteiger partial charge in [-0.05, 0) is 60.3 Å². The lowest BCUT2D eigenvalue weighted by atomic mass is 9.75. The van der Waals surface area contributed by atoms with Crippen molar-refractivity contribution in [2.75, 3.05) is 64.9 Å². The van der Waals surface area contributed by atoms with Gasteiger partial charge in [0.25, 0.3) is 5.91 Å². The van der Waals surface area contributed by atoms with Crippen LogP contribution < -0.4 is 19.7 Å². The number of fused-ring (bicyclic) bond motifs is 4. The number of methoxy groups -OCH3 is 2. The Hall–Kier alpha value is -4.11. The Morgan fingerprint density at radius 3 is 2.40 bits per heavy atom. The van der Waals surface area contributed by atoms with E-state index in [0.717, 1.165) is 51.1 Å². The third-order valence-corrected chi connectivity index (χ3v) is 8.83. The van der Waals surface area contributed by atoms with E-state index in [9.17, 15) is 14.0 Å². The van der Waals surface area contributed by atoms with Crippen molar-refractivity contribution in [3.8, 4) is 11.5 Å². The third-order valence-electron chi connectivity index (χ3n) is 8.83. The van der Waals surface area contributed by atoms with E-state index in [-0.39, 0.29) is 23.7 Å². The zero-order valence-corrected chi connectivity index (χ0v) is 24.1. The SMILES string of the molecule is COc1cc2c(cc1OC)[C@@H](C(=O)NCCCN1CCN(c3ccccc3F)CC1)[C@H]1c3ccccc3CCN1C2=O. The summed E-state index contributed by atoms with van der Waals surface area (Å²) in [7, 11) is 3.10. The van der Waals surface area contributed by atoms with E-state index in [0.29, 0.717) is 41.4 Å². The summed E-state index contributed by atoms with van der Waals surface area (Å²) in [4.78, 5) is 34.0. The predicted molar refractivity (Wildman–Crippen MR) is 159 cm³/mol. The Balaban J connectivity index is 1.16. The first-order valence-corrected chi connectivity index (χ1v) is 14.6. The standard InChI is InChI=1S/C33H37FN4O4/c1-41-28-20-24-25(21-29(28)42-2)33(40)38-15-12-22-8-3-4-9-23(22)31(38)30(24)32(39)35-13-7-14-36-16-18-37(19-17-36)27-11-6-5-10-26(27)34/h3-6,8-11,20-21,30-31H,7,12-19H2,1-2H3,(H,35,39)/t30-,31-/m1/s1. The van der Waals surface area contributed by atoms with E-state index in [1.807, 2.05) is 35.2 Å². The molecule has 42 heavy (non-hydrogen) atoms. The van der Waals surface area contributed by atoms with Crippen molar-refractivity contribution in [2.24, 2.45) is 0 Å². The monoisotopic (exact) mass is 572 g/mol. The molecule has 0 aromatic heterocycles. The molecule has 8 nitrogen and oxygen atoms in total. The normalized spacial score (nSPS) is 19.9. The molecule has 3 aromatic rings. The average Bonchev–Trinajstić information content (AvgIpc) is 3.03. The Bertz CT molecular complexity index is 1470. The minimum absolute atomic E-state index is 0.0935. The highest BCUT2D eigenvalue weighted by Crippen LogP contribution is 2.48. The number of carbonyl (C=O) groups is 2. The van der Waals surface area contributed by atoms with Crippen LogP contribution in [0.15, 0.2) is 60.7 Å². The molecule has 1 fully saturated rings. The van der Waals surface area contributed by atoms with E-state index >= 15 is 0 Å². The molecule has 9 heteroatoms. The first-order valence-electron chi connectivity index (χ1n) is 14.6. The Morgan fingerprint density at radius 2 is 1.64 bits per heavy atom. The molecule has 3 heterocycles. The molecule has 3 aliphatic rings. The molecule has 0 unspecified atom stereocenters. The van der Waals surface area contributed by atoms with Crippen molar-refractivity contribution in [1.82, 2.24) is 15.1 Å².